The molecule has 0 aliphatic heterocycles. The van der Waals surface area contributed by atoms with E-state index < -0.39 is 0 Å². The molecule has 0 amide bonds. The van der Waals surface area contributed by atoms with Crippen molar-refractivity contribution in [1.82, 2.24) is 20.0 Å². The topological polar surface area (TPSA) is 103 Å². The average molecular weight is 222 g/mol. The zero-order chi connectivity index (χ0) is 11.5. The van der Waals surface area contributed by atoms with Gasteiger partial charge < -0.3 is 0 Å². The predicted molar refractivity (Wildman–Crippen MR) is 60.8 cm³/mol. The molecule has 6 N–H and O–H groups in total. The molecular weight excluding hydrogens is 208 g/mol. The molecule has 7 nitrogen and oxygen atoms in total. The Balaban J connectivity index is 2.70. The molecule has 0 atom stereocenters. The predicted octanol–water partition coefficient (Wildman–Crippen LogP) is -1.36. The second-order valence-electron chi connectivity index (χ2n) is 3.35. The van der Waals surface area contributed by atoms with Gasteiger partial charge in [-0.25, -0.2) is 15.6 Å². The molecule has 0 aliphatic carbocycles. The van der Waals surface area contributed by atoms with Crippen LogP contribution in [0.3, 0.4) is 0 Å². The largest absolute Gasteiger partial charge is 0.331 e. The fourth-order valence-corrected chi connectivity index (χ4v) is 1.76. The molecule has 0 bridgehead atoms. The van der Waals surface area contributed by atoms with E-state index in [4.69, 9.17) is 11.7 Å². The molecule has 0 fully saturated rings. The Hall–Kier alpha value is -1.67. The number of hydrogen-bond donors (Lipinski definition) is 4. The number of nitrogens with one attached hydrogen (secondary N) is 2. The van der Waals surface area contributed by atoms with Gasteiger partial charge in [-0.1, -0.05) is 12.1 Å². The first-order valence-electron chi connectivity index (χ1n) is 4.84. The third-order valence-electron chi connectivity index (χ3n) is 2.42. The monoisotopic (exact) mass is 222 g/mol. The summed E-state index contributed by atoms with van der Waals surface area (Å²) >= 11 is 0. The Kier molecular flexibility index (Phi) is 3.02. The van der Waals surface area contributed by atoms with Crippen molar-refractivity contribution in [3.8, 4) is 0 Å². The summed E-state index contributed by atoms with van der Waals surface area (Å²) in [5.41, 5.74) is 6.43. The molecule has 1 aromatic heterocycles. The minimum atomic E-state index is -0.155. The number of rotatable bonds is 4. The highest BCUT2D eigenvalue weighted by molar-refractivity contribution is 5.75. The van der Waals surface area contributed by atoms with E-state index in [9.17, 15) is 4.79 Å². The van der Waals surface area contributed by atoms with E-state index >= 15 is 0 Å². The standard InChI is InChI=1S/C9H14N6O/c10-12-5-14-7-3-1-2-4-8(7)15(6-13-11)9(14)16/h1-4,12-13H,5-6,10-11H2. The first-order valence-corrected chi connectivity index (χ1v) is 4.84. The van der Waals surface area contributed by atoms with Crippen LogP contribution in [0.4, 0.5) is 0 Å². The second kappa shape index (κ2) is 4.45. The number of para-hydroxylation sites is 2. The van der Waals surface area contributed by atoms with Crippen LogP contribution in [0.5, 0.6) is 0 Å². The number of hydrogen-bond acceptors (Lipinski definition) is 5. The highest BCUT2D eigenvalue weighted by Gasteiger charge is 2.10. The molecule has 86 valence electrons. The summed E-state index contributed by atoms with van der Waals surface area (Å²) in [5, 5.41) is 0. The molecule has 2 aromatic rings. The van der Waals surface area contributed by atoms with Crippen molar-refractivity contribution < 1.29 is 0 Å². The van der Waals surface area contributed by atoms with E-state index in [2.05, 4.69) is 10.9 Å². The van der Waals surface area contributed by atoms with Crippen molar-refractivity contribution >= 4 is 11.0 Å². The maximum absolute atomic E-state index is 12.0. The summed E-state index contributed by atoms with van der Waals surface area (Å²) in [7, 11) is 0. The maximum Gasteiger partial charge on any atom is 0.331 e. The minimum absolute atomic E-state index is 0.155. The normalized spacial score (nSPS) is 11.1. The molecule has 0 unspecified atom stereocenters. The van der Waals surface area contributed by atoms with Gasteiger partial charge in [0.2, 0.25) is 0 Å². The Morgan fingerprint density at radius 2 is 1.44 bits per heavy atom. The molecule has 0 radical (unpaired) electrons. The minimum Gasteiger partial charge on any atom is -0.277 e. The molecule has 1 aromatic carbocycles. The van der Waals surface area contributed by atoms with Crippen molar-refractivity contribution in [1.29, 1.82) is 0 Å². The number of imidazole rings is 1. The van der Waals surface area contributed by atoms with E-state index in [1.807, 2.05) is 24.3 Å². The Labute approximate surface area is 91.6 Å². The van der Waals surface area contributed by atoms with Gasteiger partial charge in [0.25, 0.3) is 0 Å². The lowest BCUT2D eigenvalue weighted by Gasteiger charge is -2.00. The summed E-state index contributed by atoms with van der Waals surface area (Å²) in [6, 6.07) is 7.46. The Morgan fingerprint density at radius 3 is 1.81 bits per heavy atom. The molecular formula is C9H14N6O. The van der Waals surface area contributed by atoms with Crippen LogP contribution >= 0.6 is 0 Å². The lowest BCUT2D eigenvalue weighted by molar-refractivity contribution is 0.527. The van der Waals surface area contributed by atoms with Crippen LogP contribution < -0.4 is 28.2 Å². The van der Waals surface area contributed by atoms with Gasteiger partial charge in [-0.3, -0.25) is 20.8 Å². The fourth-order valence-electron chi connectivity index (χ4n) is 1.76. The van der Waals surface area contributed by atoms with Crippen molar-refractivity contribution in [2.75, 3.05) is 0 Å². The first kappa shape index (κ1) is 10.8. The number of aromatic nitrogens is 2. The average Bonchev–Trinajstić information content (AvgIpc) is 2.56. The summed E-state index contributed by atoms with van der Waals surface area (Å²) in [6.07, 6.45) is 0. The second-order valence-corrected chi connectivity index (χ2v) is 3.35. The van der Waals surface area contributed by atoms with E-state index in [0.29, 0.717) is 0 Å². The maximum atomic E-state index is 12.0. The van der Waals surface area contributed by atoms with Gasteiger partial charge in [0, 0.05) is 0 Å². The van der Waals surface area contributed by atoms with Crippen LogP contribution in [-0.4, -0.2) is 9.13 Å². The smallest absolute Gasteiger partial charge is 0.277 e. The molecule has 1 heterocycles. The molecule has 0 aliphatic rings. The van der Waals surface area contributed by atoms with Gasteiger partial charge in [-0.2, -0.15) is 0 Å². The van der Waals surface area contributed by atoms with Crippen molar-refractivity contribution in [2.45, 2.75) is 13.3 Å². The van der Waals surface area contributed by atoms with Gasteiger partial charge in [0.05, 0.1) is 24.4 Å². The van der Waals surface area contributed by atoms with Gasteiger partial charge in [-0.15, -0.1) is 0 Å². The van der Waals surface area contributed by atoms with Crippen molar-refractivity contribution in [3.63, 3.8) is 0 Å². The zero-order valence-electron chi connectivity index (χ0n) is 8.68. The lowest BCUT2D eigenvalue weighted by atomic mass is 10.3. The lowest BCUT2D eigenvalue weighted by Crippen LogP contribution is -2.36. The van der Waals surface area contributed by atoms with Crippen LogP contribution in [-0.2, 0) is 13.3 Å². The Morgan fingerprint density at radius 1 is 1.00 bits per heavy atom. The number of nitrogens with zero attached hydrogens (tertiary/aromatic N) is 2. The van der Waals surface area contributed by atoms with Crippen LogP contribution in [0.1, 0.15) is 0 Å². The Bertz CT molecular complexity index is 496. The van der Waals surface area contributed by atoms with Crippen LogP contribution in [0, 0.1) is 0 Å². The highest BCUT2D eigenvalue weighted by Crippen LogP contribution is 2.11. The van der Waals surface area contributed by atoms with Crippen molar-refractivity contribution in [2.24, 2.45) is 11.7 Å². The van der Waals surface area contributed by atoms with Gasteiger partial charge in [0.1, 0.15) is 0 Å². The van der Waals surface area contributed by atoms with E-state index in [-0.39, 0.29) is 19.0 Å². The molecule has 7 heteroatoms. The van der Waals surface area contributed by atoms with Crippen LogP contribution in [0.15, 0.2) is 29.1 Å². The number of nitrogens with two attached hydrogens (primary N) is 2. The van der Waals surface area contributed by atoms with E-state index in [1.165, 1.54) is 0 Å². The molecule has 16 heavy (non-hydrogen) atoms. The fraction of sp³-hybridized carbons (Fsp3) is 0.222. The summed E-state index contributed by atoms with van der Waals surface area (Å²) in [4.78, 5) is 12.0. The number of benzene rings is 1. The van der Waals surface area contributed by atoms with E-state index in [0.717, 1.165) is 11.0 Å². The van der Waals surface area contributed by atoms with Gasteiger partial charge in [0.15, 0.2) is 0 Å². The summed E-state index contributed by atoms with van der Waals surface area (Å²) < 4.78 is 3.10. The molecule has 0 spiro atoms. The van der Waals surface area contributed by atoms with Crippen LogP contribution in [0.25, 0.3) is 11.0 Å². The van der Waals surface area contributed by atoms with Crippen LogP contribution in [0.2, 0.25) is 0 Å². The number of fused-ring (bicyclic) bond motifs is 1. The number of hydrazine groups is 2. The molecule has 2 rings (SSSR count). The third kappa shape index (κ3) is 1.61. The zero-order valence-corrected chi connectivity index (χ0v) is 8.68. The quantitative estimate of drug-likeness (QED) is 0.378. The first-order chi connectivity index (χ1) is 7.79. The SMILES string of the molecule is NNCn1c(=O)n(CNN)c2ccccc21. The molecule has 0 saturated heterocycles. The summed E-state index contributed by atoms with van der Waals surface area (Å²) in [5.74, 6) is 10.5. The van der Waals surface area contributed by atoms with Crippen molar-refractivity contribution in [3.05, 3.63) is 34.7 Å². The summed E-state index contributed by atoms with van der Waals surface area (Å²) in [6.45, 7) is 0.522. The third-order valence-corrected chi connectivity index (χ3v) is 2.42. The van der Waals surface area contributed by atoms with Gasteiger partial charge in [-0.05, 0) is 12.1 Å². The van der Waals surface area contributed by atoms with E-state index in [1.54, 1.807) is 9.13 Å². The highest BCUT2D eigenvalue weighted by atomic mass is 16.2. The van der Waals surface area contributed by atoms with Gasteiger partial charge >= 0.3 is 5.69 Å². The molecule has 0 saturated carbocycles.